The number of carbonyl (C=O) groups excluding carboxylic acids is 1. The molecule has 0 aliphatic heterocycles. The molecule has 0 saturated heterocycles. The Morgan fingerprint density at radius 3 is 3.00 bits per heavy atom. The molecule has 8 heteroatoms. The van der Waals surface area contributed by atoms with Crippen LogP contribution in [0.1, 0.15) is 15.5 Å². The van der Waals surface area contributed by atoms with Gasteiger partial charge in [0.1, 0.15) is 0 Å². The van der Waals surface area contributed by atoms with Crippen molar-refractivity contribution in [1.82, 2.24) is 25.3 Å². The Morgan fingerprint density at radius 1 is 1.62 bits per heavy atom. The smallest absolute Gasteiger partial charge is 0.282 e. The second-order valence-electron chi connectivity index (χ2n) is 2.99. The van der Waals surface area contributed by atoms with E-state index in [0.717, 1.165) is 17.0 Å². The minimum atomic E-state index is -0.286. The van der Waals surface area contributed by atoms with Crippen molar-refractivity contribution in [3.8, 4) is 0 Å². The Bertz CT molecular complexity index is 508. The zero-order valence-corrected chi connectivity index (χ0v) is 9.92. The van der Waals surface area contributed by atoms with E-state index in [9.17, 15) is 4.79 Å². The van der Waals surface area contributed by atoms with Gasteiger partial charge in [-0.25, -0.2) is 0 Å². The summed E-state index contributed by atoms with van der Waals surface area (Å²) in [4.78, 5) is 11.6. The number of carbonyl (C=O) groups is 1. The lowest BCUT2D eigenvalue weighted by atomic mass is 10.4. The second kappa shape index (κ2) is 4.58. The summed E-state index contributed by atoms with van der Waals surface area (Å²) in [5.74, 6) is -0.286. The van der Waals surface area contributed by atoms with E-state index in [2.05, 4.69) is 20.6 Å². The molecule has 2 aromatic rings. The van der Waals surface area contributed by atoms with Crippen molar-refractivity contribution in [2.75, 3.05) is 0 Å². The van der Waals surface area contributed by atoms with E-state index in [1.807, 2.05) is 13.1 Å². The minimum absolute atomic E-state index is 0.255. The third kappa shape index (κ3) is 2.37. The maximum absolute atomic E-state index is 11.6. The van der Waals surface area contributed by atoms with Crippen LogP contribution in [0.3, 0.4) is 0 Å². The number of aryl methyl sites for hydroxylation is 1. The fourth-order valence-electron chi connectivity index (χ4n) is 1.12. The fraction of sp³-hybridized carbons (Fsp3) is 0.250. The van der Waals surface area contributed by atoms with Crippen LogP contribution in [0.4, 0.5) is 0 Å². The van der Waals surface area contributed by atoms with Gasteiger partial charge in [-0.2, -0.15) is 5.10 Å². The van der Waals surface area contributed by atoms with Crippen LogP contribution in [0.5, 0.6) is 0 Å². The van der Waals surface area contributed by atoms with Crippen molar-refractivity contribution in [1.29, 1.82) is 0 Å². The molecule has 2 rings (SSSR count). The Labute approximate surface area is 100 Å². The van der Waals surface area contributed by atoms with Gasteiger partial charge in [0, 0.05) is 13.2 Å². The van der Waals surface area contributed by atoms with Crippen molar-refractivity contribution >= 4 is 28.8 Å². The molecule has 0 aromatic carbocycles. The molecular weight excluding hydrogens is 250 g/mol. The molecule has 0 bridgehead atoms. The van der Waals surface area contributed by atoms with Crippen molar-refractivity contribution in [2.24, 2.45) is 7.05 Å². The molecule has 1 N–H and O–H groups in total. The van der Waals surface area contributed by atoms with Crippen molar-refractivity contribution in [2.45, 2.75) is 6.54 Å². The minimum Gasteiger partial charge on any atom is -0.344 e. The molecule has 84 valence electrons. The largest absolute Gasteiger partial charge is 0.344 e. The molecule has 0 unspecified atom stereocenters. The standard InChI is InChI=1S/C8H8ClN5OS/c1-14-5(2-3-11-14)4-10-6(15)7-12-13-8(9)16-7/h2-3H,4H2,1H3,(H,10,15). The van der Waals surface area contributed by atoms with E-state index in [-0.39, 0.29) is 15.4 Å². The zero-order chi connectivity index (χ0) is 11.5. The first kappa shape index (κ1) is 11.0. The Balaban J connectivity index is 1.96. The van der Waals surface area contributed by atoms with Crippen LogP contribution < -0.4 is 5.32 Å². The number of nitrogens with one attached hydrogen (secondary N) is 1. The van der Waals surface area contributed by atoms with Crippen molar-refractivity contribution in [3.63, 3.8) is 0 Å². The average Bonchev–Trinajstić information content (AvgIpc) is 2.84. The number of hydrogen-bond donors (Lipinski definition) is 1. The molecule has 0 saturated carbocycles. The van der Waals surface area contributed by atoms with E-state index in [1.54, 1.807) is 10.9 Å². The van der Waals surface area contributed by atoms with E-state index in [4.69, 9.17) is 11.6 Å². The number of hydrogen-bond acceptors (Lipinski definition) is 5. The third-order valence-corrected chi connectivity index (χ3v) is 2.96. The maximum Gasteiger partial charge on any atom is 0.282 e. The maximum atomic E-state index is 11.6. The monoisotopic (exact) mass is 257 g/mol. The first-order valence-corrected chi connectivity index (χ1v) is 5.60. The van der Waals surface area contributed by atoms with Gasteiger partial charge in [-0.05, 0) is 17.7 Å². The number of halogens is 1. The van der Waals surface area contributed by atoms with Gasteiger partial charge in [-0.1, -0.05) is 11.3 Å². The first-order valence-electron chi connectivity index (χ1n) is 4.41. The average molecular weight is 258 g/mol. The van der Waals surface area contributed by atoms with Crippen LogP contribution in [0, 0.1) is 0 Å². The van der Waals surface area contributed by atoms with E-state index < -0.39 is 0 Å². The van der Waals surface area contributed by atoms with Gasteiger partial charge in [-0.15, -0.1) is 10.2 Å². The number of nitrogens with zero attached hydrogens (tertiary/aromatic N) is 4. The quantitative estimate of drug-likeness (QED) is 0.885. The normalized spacial score (nSPS) is 10.4. The highest BCUT2D eigenvalue weighted by atomic mass is 35.5. The fourth-order valence-corrected chi connectivity index (χ4v) is 1.86. The Kier molecular flexibility index (Phi) is 3.16. The van der Waals surface area contributed by atoms with Gasteiger partial charge in [-0.3, -0.25) is 9.48 Å². The molecule has 0 spiro atoms. The number of rotatable bonds is 3. The van der Waals surface area contributed by atoms with Crippen LogP contribution in [0.25, 0.3) is 0 Å². The van der Waals surface area contributed by atoms with Gasteiger partial charge < -0.3 is 5.32 Å². The van der Waals surface area contributed by atoms with Gasteiger partial charge in [0.25, 0.3) is 5.91 Å². The molecule has 0 aliphatic rings. The van der Waals surface area contributed by atoms with Gasteiger partial charge >= 0.3 is 0 Å². The molecule has 1 amide bonds. The predicted octanol–water partition coefficient (Wildman–Crippen LogP) is 0.855. The highest BCUT2D eigenvalue weighted by molar-refractivity contribution is 7.17. The number of amides is 1. The molecule has 0 fully saturated rings. The van der Waals surface area contributed by atoms with Gasteiger partial charge in [0.2, 0.25) is 9.47 Å². The lowest BCUT2D eigenvalue weighted by Crippen LogP contribution is -2.23. The third-order valence-electron chi connectivity index (χ3n) is 1.95. The van der Waals surface area contributed by atoms with Crippen molar-refractivity contribution < 1.29 is 4.79 Å². The lowest BCUT2D eigenvalue weighted by molar-refractivity contribution is 0.0949. The zero-order valence-electron chi connectivity index (χ0n) is 8.35. The molecule has 0 aliphatic carbocycles. The number of aromatic nitrogens is 4. The Hall–Kier alpha value is -1.47. The molecule has 16 heavy (non-hydrogen) atoms. The van der Waals surface area contributed by atoms with Crippen LogP contribution in [-0.4, -0.2) is 25.9 Å². The molecule has 2 aromatic heterocycles. The van der Waals surface area contributed by atoms with Gasteiger partial charge in [0.05, 0.1) is 12.2 Å². The van der Waals surface area contributed by atoms with E-state index in [1.165, 1.54) is 0 Å². The van der Waals surface area contributed by atoms with Crippen LogP contribution in [0.15, 0.2) is 12.3 Å². The predicted molar refractivity (Wildman–Crippen MR) is 59.3 cm³/mol. The second-order valence-corrected chi connectivity index (χ2v) is 4.55. The van der Waals surface area contributed by atoms with Crippen LogP contribution >= 0.6 is 22.9 Å². The lowest BCUT2D eigenvalue weighted by Gasteiger charge is -2.02. The van der Waals surface area contributed by atoms with Crippen LogP contribution in [-0.2, 0) is 13.6 Å². The summed E-state index contributed by atoms with van der Waals surface area (Å²) in [5.41, 5.74) is 0.906. The first-order chi connectivity index (χ1) is 7.66. The summed E-state index contributed by atoms with van der Waals surface area (Å²) >= 11 is 6.63. The summed E-state index contributed by atoms with van der Waals surface area (Å²) in [7, 11) is 1.81. The van der Waals surface area contributed by atoms with E-state index >= 15 is 0 Å². The molecular formula is C8H8ClN5OS. The van der Waals surface area contributed by atoms with Crippen LogP contribution in [0.2, 0.25) is 4.47 Å². The summed E-state index contributed by atoms with van der Waals surface area (Å²) in [6, 6.07) is 1.83. The molecule has 2 heterocycles. The topological polar surface area (TPSA) is 72.7 Å². The SMILES string of the molecule is Cn1nccc1CNC(=O)c1nnc(Cl)s1. The highest BCUT2D eigenvalue weighted by Crippen LogP contribution is 2.14. The summed E-state index contributed by atoms with van der Waals surface area (Å²) < 4.78 is 1.94. The summed E-state index contributed by atoms with van der Waals surface area (Å²) in [6.45, 7) is 0.395. The molecule has 0 radical (unpaired) electrons. The highest BCUT2D eigenvalue weighted by Gasteiger charge is 2.11. The molecule has 6 nitrogen and oxygen atoms in total. The van der Waals surface area contributed by atoms with Crippen molar-refractivity contribution in [3.05, 3.63) is 27.4 Å². The van der Waals surface area contributed by atoms with E-state index in [0.29, 0.717) is 6.54 Å². The Morgan fingerprint density at radius 2 is 2.44 bits per heavy atom. The molecule has 0 atom stereocenters. The van der Waals surface area contributed by atoms with Gasteiger partial charge in [0.15, 0.2) is 0 Å². The summed E-state index contributed by atoms with van der Waals surface area (Å²) in [6.07, 6.45) is 1.67. The summed E-state index contributed by atoms with van der Waals surface area (Å²) in [5, 5.41) is 14.1.